The predicted octanol–water partition coefficient (Wildman–Crippen LogP) is 0.979. The Morgan fingerprint density at radius 2 is 1.94 bits per heavy atom. The summed E-state index contributed by atoms with van der Waals surface area (Å²) in [6.07, 6.45) is 0.956. The maximum Gasteiger partial charge on any atom is 0.230 e. The number of hydrogen-bond acceptors (Lipinski definition) is 3. The van der Waals surface area contributed by atoms with Gasteiger partial charge in [-0.15, -0.1) is 0 Å². The molecular formula is C13H26N2O2. The van der Waals surface area contributed by atoms with Crippen LogP contribution in [0, 0.1) is 11.3 Å². The molecule has 0 spiro atoms. The molecule has 1 amide bonds. The Hall–Kier alpha value is -0.610. The highest BCUT2D eigenvalue weighted by Crippen LogP contribution is 2.34. The van der Waals surface area contributed by atoms with Crippen LogP contribution < -0.4 is 5.73 Å². The van der Waals surface area contributed by atoms with Crippen LogP contribution in [-0.4, -0.2) is 40.6 Å². The summed E-state index contributed by atoms with van der Waals surface area (Å²) in [7, 11) is 0. The fourth-order valence-corrected chi connectivity index (χ4v) is 2.17. The van der Waals surface area contributed by atoms with Crippen LogP contribution in [0.15, 0.2) is 0 Å². The summed E-state index contributed by atoms with van der Waals surface area (Å²) < 4.78 is 0. The van der Waals surface area contributed by atoms with Crippen molar-refractivity contribution in [3.8, 4) is 0 Å². The van der Waals surface area contributed by atoms with Gasteiger partial charge in [0.1, 0.15) is 0 Å². The molecular weight excluding hydrogens is 216 g/mol. The van der Waals surface area contributed by atoms with Crippen LogP contribution >= 0.6 is 0 Å². The number of aliphatic hydroxyl groups excluding tert-OH is 1. The van der Waals surface area contributed by atoms with Gasteiger partial charge >= 0.3 is 0 Å². The van der Waals surface area contributed by atoms with Crippen molar-refractivity contribution in [2.75, 3.05) is 13.2 Å². The van der Waals surface area contributed by atoms with E-state index in [1.54, 1.807) is 4.90 Å². The van der Waals surface area contributed by atoms with Crippen LogP contribution in [0.25, 0.3) is 0 Å². The first-order chi connectivity index (χ1) is 7.63. The SMILES string of the molecule is CC1CCN(C(=O)C(C)(C)C(C)(C)N)C1CO. The molecule has 1 rings (SSSR count). The molecule has 0 bridgehead atoms. The molecule has 4 heteroatoms. The van der Waals surface area contributed by atoms with Crippen molar-refractivity contribution in [2.24, 2.45) is 17.1 Å². The second kappa shape index (κ2) is 4.58. The maximum absolute atomic E-state index is 12.6. The highest BCUT2D eigenvalue weighted by atomic mass is 16.3. The van der Waals surface area contributed by atoms with Crippen LogP contribution in [0.4, 0.5) is 0 Å². The Kier molecular flexibility index (Phi) is 3.89. The van der Waals surface area contributed by atoms with E-state index in [9.17, 15) is 9.90 Å². The Morgan fingerprint density at radius 3 is 2.35 bits per heavy atom. The lowest BCUT2D eigenvalue weighted by molar-refractivity contribution is -0.145. The molecule has 0 aromatic carbocycles. The fraction of sp³-hybridized carbons (Fsp3) is 0.923. The van der Waals surface area contributed by atoms with Gasteiger partial charge in [-0.25, -0.2) is 0 Å². The molecule has 3 N–H and O–H groups in total. The average molecular weight is 242 g/mol. The van der Waals surface area contributed by atoms with Gasteiger partial charge in [-0.2, -0.15) is 0 Å². The lowest BCUT2D eigenvalue weighted by Gasteiger charge is -2.41. The number of rotatable bonds is 3. The summed E-state index contributed by atoms with van der Waals surface area (Å²) in [4.78, 5) is 14.4. The van der Waals surface area contributed by atoms with Crippen LogP contribution in [0.2, 0.25) is 0 Å². The van der Waals surface area contributed by atoms with Crippen molar-refractivity contribution in [2.45, 2.75) is 52.6 Å². The molecule has 0 aromatic rings. The van der Waals surface area contributed by atoms with Gasteiger partial charge in [0.15, 0.2) is 0 Å². The van der Waals surface area contributed by atoms with Gasteiger partial charge < -0.3 is 15.7 Å². The average Bonchev–Trinajstić information content (AvgIpc) is 2.56. The molecule has 2 unspecified atom stereocenters. The van der Waals surface area contributed by atoms with Gasteiger partial charge in [0, 0.05) is 12.1 Å². The molecule has 1 heterocycles. The zero-order valence-corrected chi connectivity index (χ0v) is 11.7. The van der Waals surface area contributed by atoms with E-state index in [4.69, 9.17) is 5.73 Å². The van der Waals surface area contributed by atoms with Gasteiger partial charge in [-0.1, -0.05) is 6.92 Å². The number of hydrogen-bond donors (Lipinski definition) is 2. The minimum atomic E-state index is -0.621. The van der Waals surface area contributed by atoms with Crippen molar-refractivity contribution in [3.05, 3.63) is 0 Å². The topological polar surface area (TPSA) is 66.6 Å². The third-order valence-electron chi connectivity index (χ3n) is 4.48. The number of carbonyl (C=O) groups is 1. The number of amides is 1. The van der Waals surface area contributed by atoms with Crippen LogP contribution in [0.5, 0.6) is 0 Å². The number of carbonyl (C=O) groups excluding carboxylic acids is 1. The minimum absolute atomic E-state index is 0.0357. The Labute approximate surface area is 104 Å². The Balaban J connectivity index is 2.91. The lowest BCUT2D eigenvalue weighted by Crippen LogP contribution is -2.58. The summed E-state index contributed by atoms with van der Waals surface area (Å²) in [6.45, 7) is 10.4. The lowest BCUT2D eigenvalue weighted by atomic mass is 9.74. The van der Waals surface area contributed by atoms with E-state index in [1.807, 2.05) is 27.7 Å². The van der Waals surface area contributed by atoms with Gasteiger partial charge in [-0.3, -0.25) is 4.79 Å². The van der Waals surface area contributed by atoms with E-state index in [0.717, 1.165) is 13.0 Å². The van der Waals surface area contributed by atoms with Gasteiger partial charge in [0.25, 0.3) is 0 Å². The predicted molar refractivity (Wildman–Crippen MR) is 68.4 cm³/mol. The second-order valence-electron chi connectivity index (χ2n) is 6.36. The summed E-state index contributed by atoms with van der Waals surface area (Å²) in [6, 6.07) is -0.0517. The normalized spacial score (nSPS) is 26.4. The Bertz CT molecular complexity index is 294. The zero-order valence-electron chi connectivity index (χ0n) is 11.7. The van der Waals surface area contributed by atoms with Gasteiger partial charge in [0.05, 0.1) is 18.1 Å². The smallest absolute Gasteiger partial charge is 0.230 e. The highest BCUT2D eigenvalue weighted by molar-refractivity contribution is 5.84. The first-order valence-electron chi connectivity index (χ1n) is 6.33. The quantitative estimate of drug-likeness (QED) is 0.775. The third kappa shape index (κ3) is 2.47. The van der Waals surface area contributed by atoms with Gasteiger partial charge in [-0.05, 0) is 40.0 Å². The number of likely N-dealkylation sites (tertiary alicyclic amines) is 1. The van der Waals surface area contributed by atoms with E-state index in [-0.39, 0.29) is 18.6 Å². The zero-order chi connectivity index (χ0) is 13.4. The molecule has 100 valence electrons. The van der Waals surface area contributed by atoms with E-state index < -0.39 is 11.0 Å². The first-order valence-corrected chi connectivity index (χ1v) is 6.33. The largest absolute Gasteiger partial charge is 0.394 e. The molecule has 0 aliphatic carbocycles. The summed E-state index contributed by atoms with van der Waals surface area (Å²) in [5.74, 6) is 0.411. The van der Waals surface area contributed by atoms with Crippen molar-refractivity contribution < 1.29 is 9.90 Å². The summed E-state index contributed by atoms with van der Waals surface area (Å²) >= 11 is 0. The van der Waals surface area contributed by atoms with Crippen molar-refractivity contribution in [1.29, 1.82) is 0 Å². The molecule has 1 aliphatic rings. The molecule has 0 saturated carbocycles. The molecule has 4 nitrogen and oxygen atoms in total. The van der Waals surface area contributed by atoms with E-state index in [2.05, 4.69) is 6.92 Å². The molecule has 1 fully saturated rings. The van der Waals surface area contributed by atoms with Gasteiger partial charge in [0.2, 0.25) is 5.91 Å². The fourth-order valence-electron chi connectivity index (χ4n) is 2.17. The molecule has 0 radical (unpaired) electrons. The van der Waals surface area contributed by atoms with E-state index in [1.165, 1.54) is 0 Å². The second-order valence-corrected chi connectivity index (χ2v) is 6.36. The van der Waals surface area contributed by atoms with Crippen molar-refractivity contribution in [3.63, 3.8) is 0 Å². The van der Waals surface area contributed by atoms with E-state index >= 15 is 0 Å². The van der Waals surface area contributed by atoms with Crippen LogP contribution in [0.1, 0.15) is 41.0 Å². The monoisotopic (exact) mass is 242 g/mol. The first kappa shape index (κ1) is 14.5. The molecule has 1 saturated heterocycles. The van der Waals surface area contributed by atoms with Crippen molar-refractivity contribution in [1.82, 2.24) is 4.90 Å². The van der Waals surface area contributed by atoms with Crippen LogP contribution in [0.3, 0.4) is 0 Å². The summed E-state index contributed by atoms with van der Waals surface area (Å²) in [5, 5.41) is 9.40. The molecule has 2 atom stereocenters. The highest BCUT2D eigenvalue weighted by Gasteiger charge is 2.46. The maximum atomic E-state index is 12.6. The molecule has 1 aliphatic heterocycles. The number of aliphatic hydroxyl groups is 1. The Morgan fingerprint density at radius 1 is 1.41 bits per heavy atom. The standard InChI is InChI=1S/C13H26N2O2/c1-9-6-7-15(10(9)8-16)11(17)12(2,3)13(4,5)14/h9-10,16H,6-8,14H2,1-5H3. The molecule has 17 heavy (non-hydrogen) atoms. The number of nitrogens with two attached hydrogens (primary N) is 1. The van der Waals surface area contributed by atoms with E-state index in [0.29, 0.717) is 5.92 Å². The minimum Gasteiger partial charge on any atom is -0.394 e. The summed E-state index contributed by atoms with van der Waals surface area (Å²) in [5.41, 5.74) is 4.90. The van der Waals surface area contributed by atoms with Crippen LogP contribution in [-0.2, 0) is 4.79 Å². The third-order valence-corrected chi connectivity index (χ3v) is 4.48. The molecule has 0 aromatic heterocycles. The number of nitrogens with zero attached hydrogens (tertiary/aromatic N) is 1. The van der Waals surface area contributed by atoms with Crippen molar-refractivity contribution >= 4 is 5.91 Å².